The third kappa shape index (κ3) is 4.48. The number of alkyl halides is 3. The lowest BCUT2D eigenvalue weighted by Gasteiger charge is -2.41. The number of nitrogens with one attached hydrogen (secondary N) is 2. The molecule has 0 aliphatic carbocycles. The number of nitrogens with two attached hydrogens (primary N) is 1. The van der Waals surface area contributed by atoms with Crippen LogP contribution in [0, 0.1) is 5.92 Å². The van der Waals surface area contributed by atoms with Gasteiger partial charge in [0.2, 0.25) is 5.91 Å². The molecule has 168 valence electrons. The van der Waals surface area contributed by atoms with Crippen LogP contribution in [0.4, 0.5) is 18.9 Å². The second kappa shape index (κ2) is 8.27. The molecule has 1 amide bonds. The van der Waals surface area contributed by atoms with Gasteiger partial charge in [-0.15, -0.1) is 0 Å². The van der Waals surface area contributed by atoms with Crippen LogP contribution in [0.25, 0.3) is 10.9 Å². The molecule has 2 fully saturated rings. The summed E-state index contributed by atoms with van der Waals surface area (Å²) in [5, 5.41) is 6.74. The smallest absolute Gasteiger partial charge is 0.369 e. The Hall–Kier alpha value is -2.39. The number of pyridine rings is 1. The summed E-state index contributed by atoms with van der Waals surface area (Å²) in [6.07, 6.45) is -0.820. The molecule has 0 radical (unpaired) electrons. The van der Waals surface area contributed by atoms with Crippen LogP contribution in [0.3, 0.4) is 0 Å². The molecule has 6 nitrogen and oxygen atoms in total. The number of amides is 1. The summed E-state index contributed by atoms with van der Waals surface area (Å²) in [5.74, 6) is 0.0870. The molecular weight excluding hydrogens is 407 g/mol. The number of carbonyl (C=O) groups excluding carboxylic acids is 1. The SMILES string of the molecule is C[C@H]1C[C@@H](NC(=O)C2(N)CCCNC2)CN(c2ccc(C(F)(F)F)c3ncccc23)C1. The number of anilines is 1. The molecular formula is C22H28F3N5O. The standard InChI is InChI=1S/C22H28F3N5O/c1-14-10-15(29-20(31)21(26)7-3-8-27-13-21)12-30(11-14)18-6-5-17(22(23,24)25)19-16(18)4-2-9-28-19/h2,4-6,9,14-15,27H,3,7-8,10-13,26H2,1H3,(H,29,31)/t14-,15+,21?/m0/s1. The van der Waals surface area contributed by atoms with Crippen LogP contribution < -0.4 is 21.3 Å². The molecule has 4 N–H and O–H groups in total. The van der Waals surface area contributed by atoms with Gasteiger partial charge in [-0.25, -0.2) is 0 Å². The van der Waals surface area contributed by atoms with Gasteiger partial charge >= 0.3 is 6.18 Å². The summed E-state index contributed by atoms with van der Waals surface area (Å²) in [6, 6.07) is 5.79. The predicted molar refractivity (Wildman–Crippen MR) is 114 cm³/mol. The van der Waals surface area contributed by atoms with E-state index in [1.165, 1.54) is 12.3 Å². The second-order valence-corrected chi connectivity index (χ2v) is 8.88. The fraction of sp³-hybridized carbons (Fsp3) is 0.545. The van der Waals surface area contributed by atoms with Crippen molar-refractivity contribution in [1.29, 1.82) is 0 Å². The Labute approximate surface area is 179 Å². The minimum atomic E-state index is -4.47. The van der Waals surface area contributed by atoms with E-state index >= 15 is 0 Å². The molecule has 0 bridgehead atoms. The molecule has 4 rings (SSSR count). The summed E-state index contributed by atoms with van der Waals surface area (Å²) in [4.78, 5) is 18.9. The third-order valence-corrected chi connectivity index (χ3v) is 6.26. The summed E-state index contributed by atoms with van der Waals surface area (Å²) in [7, 11) is 0. The van der Waals surface area contributed by atoms with Crippen LogP contribution in [0.5, 0.6) is 0 Å². The molecule has 2 aliphatic heterocycles. The third-order valence-electron chi connectivity index (χ3n) is 6.26. The van der Waals surface area contributed by atoms with Crippen molar-refractivity contribution in [2.75, 3.05) is 31.1 Å². The lowest BCUT2D eigenvalue weighted by molar-refractivity contribution is -0.136. The number of piperidine rings is 2. The molecule has 3 atom stereocenters. The van der Waals surface area contributed by atoms with Crippen LogP contribution in [-0.2, 0) is 11.0 Å². The first-order valence-corrected chi connectivity index (χ1v) is 10.7. The number of fused-ring (bicyclic) bond motifs is 1. The van der Waals surface area contributed by atoms with Crippen LogP contribution in [-0.4, -0.2) is 48.7 Å². The maximum Gasteiger partial charge on any atom is 0.418 e. The average Bonchev–Trinajstić information content (AvgIpc) is 2.72. The largest absolute Gasteiger partial charge is 0.418 e. The van der Waals surface area contributed by atoms with E-state index in [-0.39, 0.29) is 23.4 Å². The molecule has 2 saturated heterocycles. The van der Waals surface area contributed by atoms with E-state index in [2.05, 4.69) is 22.5 Å². The van der Waals surface area contributed by atoms with Gasteiger partial charge in [-0.3, -0.25) is 9.78 Å². The van der Waals surface area contributed by atoms with Crippen LogP contribution >= 0.6 is 0 Å². The normalized spacial score (nSPS) is 27.3. The zero-order chi connectivity index (χ0) is 22.2. The van der Waals surface area contributed by atoms with Gasteiger partial charge in [0.1, 0.15) is 5.54 Å². The Morgan fingerprint density at radius 3 is 2.84 bits per heavy atom. The van der Waals surface area contributed by atoms with Crippen molar-refractivity contribution < 1.29 is 18.0 Å². The van der Waals surface area contributed by atoms with E-state index in [9.17, 15) is 18.0 Å². The number of halogens is 3. The highest BCUT2D eigenvalue weighted by Gasteiger charge is 2.38. The average molecular weight is 435 g/mol. The summed E-state index contributed by atoms with van der Waals surface area (Å²) in [6.45, 7) is 4.58. The second-order valence-electron chi connectivity index (χ2n) is 8.88. The number of hydrogen-bond acceptors (Lipinski definition) is 5. The number of carbonyl (C=O) groups is 1. The van der Waals surface area contributed by atoms with Gasteiger partial charge in [0.25, 0.3) is 0 Å². The summed E-state index contributed by atoms with van der Waals surface area (Å²) >= 11 is 0. The molecule has 0 spiro atoms. The first-order valence-electron chi connectivity index (χ1n) is 10.7. The summed E-state index contributed by atoms with van der Waals surface area (Å²) < 4.78 is 40.4. The van der Waals surface area contributed by atoms with Crippen LogP contribution in [0.15, 0.2) is 30.5 Å². The zero-order valence-corrected chi connectivity index (χ0v) is 17.5. The van der Waals surface area contributed by atoms with Gasteiger partial charge in [0.15, 0.2) is 0 Å². The summed E-state index contributed by atoms with van der Waals surface area (Å²) in [5.41, 5.74) is 5.31. The predicted octanol–water partition coefficient (Wildman–Crippen LogP) is 2.67. The Balaban J connectivity index is 1.59. The van der Waals surface area contributed by atoms with Crippen molar-refractivity contribution in [2.24, 2.45) is 11.7 Å². The fourth-order valence-corrected chi connectivity index (χ4v) is 4.77. The van der Waals surface area contributed by atoms with E-state index in [4.69, 9.17) is 5.73 Å². The Bertz CT molecular complexity index is 958. The Morgan fingerprint density at radius 1 is 1.32 bits per heavy atom. The molecule has 31 heavy (non-hydrogen) atoms. The van der Waals surface area contributed by atoms with Gasteiger partial charge in [0.05, 0.1) is 11.1 Å². The maximum atomic E-state index is 13.5. The van der Waals surface area contributed by atoms with E-state index in [0.29, 0.717) is 37.1 Å². The van der Waals surface area contributed by atoms with Crippen molar-refractivity contribution in [3.8, 4) is 0 Å². The number of benzene rings is 1. The molecule has 3 heterocycles. The Kier molecular flexibility index (Phi) is 5.83. The van der Waals surface area contributed by atoms with Crippen LogP contribution in [0.1, 0.15) is 31.7 Å². The highest BCUT2D eigenvalue weighted by molar-refractivity contribution is 5.94. The quantitative estimate of drug-likeness (QED) is 0.691. The minimum absolute atomic E-state index is 0.0551. The van der Waals surface area contributed by atoms with Crippen molar-refractivity contribution in [3.63, 3.8) is 0 Å². The van der Waals surface area contributed by atoms with Gasteiger partial charge in [-0.2, -0.15) is 13.2 Å². The topological polar surface area (TPSA) is 83.3 Å². The van der Waals surface area contributed by atoms with Crippen molar-refractivity contribution in [3.05, 3.63) is 36.0 Å². The maximum absolute atomic E-state index is 13.5. The highest BCUT2D eigenvalue weighted by Crippen LogP contribution is 2.38. The Morgan fingerprint density at radius 2 is 2.13 bits per heavy atom. The van der Waals surface area contributed by atoms with Crippen LogP contribution in [0.2, 0.25) is 0 Å². The minimum Gasteiger partial charge on any atom is -0.369 e. The first-order chi connectivity index (χ1) is 14.7. The van der Waals surface area contributed by atoms with Gasteiger partial charge < -0.3 is 21.3 Å². The zero-order valence-electron chi connectivity index (χ0n) is 17.5. The molecule has 2 aromatic rings. The number of nitrogens with zero attached hydrogens (tertiary/aromatic N) is 2. The van der Waals surface area contributed by atoms with E-state index in [1.54, 1.807) is 12.1 Å². The monoisotopic (exact) mass is 435 g/mol. The fourth-order valence-electron chi connectivity index (χ4n) is 4.77. The molecule has 1 unspecified atom stereocenters. The van der Waals surface area contributed by atoms with Gasteiger partial charge in [-0.05, 0) is 56.0 Å². The van der Waals surface area contributed by atoms with Crippen molar-refractivity contribution in [1.82, 2.24) is 15.6 Å². The lowest BCUT2D eigenvalue weighted by Crippen LogP contribution is -2.64. The first kappa shape index (κ1) is 21.8. The number of hydrogen-bond donors (Lipinski definition) is 3. The van der Waals surface area contributed by atoms with Gasteiger partial charge in [-0.1, -0.05) is 6.92 Å². The number of aromatic nitrogens is 1. The van der Waals surface area contributed by atoms with Crippen molar-refractivity contribution >= 4 is 22.5 Å². The molecule has 0 saturated carbocycles. The van der Waals surface area contributed by atoms with Crippen molar-refractivity contribution in [2.45, 2.75) is 43.9 Å². The van der Waals surface area contributed by atoms with E-state index in [1.807, 2.05) is 4.90 Å². The lowest BCUT2D eigenvalue weighted by atomic mass is 9.88. The molecule has 9 heteroatoms. The highest BCUT2D eigenvalue weighted by atomic mass is 19.4. The van der Waals surface area contributed by atoms with E-state index < -0.39 is 17.3 Å². The molecule has 1 aromatic heterocycles. The molecule has 2 aliphatic rings. The number of rotatable bonds is 3. The molecule has 1 aromatic carbocycles. The van der Waals surface area contributed by atoms with Gasteiger partial charge in [0, 0.05) is 42.9 Å². The van der Waals surface area contributed by atoms with E-state index in [0.717, 1.165) is 25.5 Å².